The maximum absolute atomic E-state index is 12.4. The van der Waals surface area contributed by atoms with Crippen molar-refractivity contribution in [2.45, 2.75) is 38.2 Å². The number of urea groups is 1. The van der Waals surface area contributed by atoms with Crippen LogP contribution in [0.3, 0.4) is 0 Å². The van der Waals surface area contributed by atoms with Crippen molar-refractivity contribution in [3.63, 3.8) is 0 Å². The van der Waals surface area contributed by atoms with Crippen molar-refractivity contribution in [3.05, 3.63) is 54.1 Å². The standard InChI is InChI=1S/C25H30N2O4/c1-27(25(30)26-15-18-5-6-18)22-4-2-3-21(14-22)20-11-9-17(10-12-20)13-23(24(28)29)31-16-19-7-8-19/h2-4,9-12,14,18-19,23H,5-8,13,15-16H2,1H3,(H,26,30)(H,28,29)/t23-/m0/s1. The number of carbonyl (C=O) groups is 2. The van der Waals surface area contributed by atoms with Gasteiger partial charge in [0.2, 0.25) is 0 Å². The molecule has 0 aliphatic heterocycles. The van der Waals surface area contributed by atoms with E-state index in [0.717, 1.165) is 41.8 Å². The van der Waals surface area contributed by atoms with Crippen molar-refractivity contribution in [2.24, 2.45) is 11.8 Å². The third-order valence-electron chi connectivity index (χ3n) is 5.99. The molecule has 0 bridgehead atoms. The molecule has 2 N–H and O–H groups in total. The van der Waals surface area contributed by atoms with Crippen LogP contribution < -0.4 is 10.2 Å². The van der Waals surface area contributed by atoms with Crippen LogP contribution in [-0.2, 0) is 16.0 Å². The second-order valence-corrected chi connectivity index (χ2v) is 8.74. The largest absolute Gasteiger partial charge is 0.479 e. The van der Waals surface area contributed by atoms with E-state index < -0.39 is 12.1 Å². The third-order valence-corrected chi connectivity index (χ3v) is 5.99. The van der Waals surface area contributed by atoms with E-state index in [4.69, 9.17) is 4.74 Å². The number of rotatable bonds is 10. The predicted molar refractivity (Wildman–Crippen MR) is 120 cm³/mol. The molecule has 2 fully saturated rings. The highest BCUT2D eigenvalue weighted by Crippen LogP contribution is 2.30. The van der Waals surface area contributed by atoms with Gasteiger partial charge in [-0.15, -0.1) is 0 Å². The molecule has 2 saturated carbocycles. The molecular formula is C25H30N2O4. The molecule has 1 atom stereocenters. The molecule has 0 spiro atoms. The Balaban J connectivity index is 1.39. The van der Waals surface area contributed by atoms with Crippen LogP contribution in [0, 0.1) is 11.8 Å². The van der Waals surface area contributed by atoms with Crippen molar-refractivity contribution in [1.82, 2.24) is 5.32 Å². The van der Waals surface area contributed by atoms with Gasteiger partial charge in [-0.1, -0.05) is 36.4 Å². The van der Waals surface area contributed by atoms with Gasteiger partial charge in [0.15, 0.2) is 6.10 Å². The number of nitrogens with zero attached hydrogens (tertiary/aromatic N) is 1. The number of carboxylic acid groups (broad SMARTS) is 1. The lowest BCUT2D eigenvalue weighted by atomic mass is 10.0. The van der Waals surface area contributed by atoms with E-state index in [1.54, 1.807) is 11.9 Å². The van der Waals surface area contributed by atoms with Crippen LogP contribution in [0.2, 0.25) is 0 Å². The highest BCUT2D eigenvalue weighted by molar-refractivity contribution is 5.92. The Morgan fingerprint density at radius 2 is 1.77 bits per heavy atom. The summed E-state index contributed by atoms with van der Waals surface area (Å²) in [5, 5.41) is 12.4. The summed E-state index contributed by atoms with van der Waals surface area (Å²) in [6, 6.07) is 15.6. The fourth-order valence-corrected chi connectivity index (χ4v) is 3.49. The lowest BCUT2D eigenvalue weighted by Crippen LogP contribution is -2.38. The van der Waals surface area contributed by atoms with Crippen LogP contribution >= 0.6 is 0 Å². The Kier molecular flexibility index (Phi) is 6.56. The number of benzene rings is 2. The number of carbonyl (C=O) groups excluding carboxylic acids is 1. The van der Waals surface area contributed by atoms with Crippen LogP contribution in [0.15, 0.2) is 48.5 Å². The Bertz CT molecular complexity index is 919. The van der Waals surface area contributed by atoms with Gasteiger partial charge in [-0.25, -0.2) is 9.59 Å². The molecule has 31 heavy (non-hydrogen) atoms. The first-order valence-electron chi connectivity index (χ1n) is 11.0. The molecule has 6 heteroatoms. The summed E-state index contributed by atoms with van der Waals surface area (Å²) >= 11 is 0. The van der Waals surface area contributed by atoms with E-state index in [1.165, 1.54) is 12.8 Å². The molecule has 0 heterocycles. The zero-order valence-electron chi connectivity index (χ0n) is 17.9. The smallest absolute Gasteiger partial charge is 0.333 e. The molecule has 4 rings (SSSR count). The first kappa shape index (κ1) is 21.4. The number of nitrogens with one attached hydrogen (secondary N) is 1. The number of ether oxygens (including phenoxy) is 1. The van der Waals surface area contributed by atoms with Crippen LogP contribution in [0.25, 0.3) is 11.1 Å². The molecule has 2 aliphatic rings. The Morgan fingerprint density at radius 3 is 2.42 bits per heavy atom. The molecule has 0 saturated heterocycles. The van der Waals surface area contributed by atoms with Gasteiger partial charge < -0.3 is 15.2 Å². The summed E-state index contributed by atoms with van der Waals surface area (Å²) in [5.74, 6) is 0.257. The third kappa shape index (κ3) is 6.07. The maximum Gasteiger partial charge on any atom is 0.333 e. The normalized spacial score (nSPS) is 16.5. The molecular weight excluding hydrogens is 392 g/mol. The molecule has 0 unspecified atom stereocenters. The number of hydrogen-bond donors (Lipinski definition) is 2. The monoisotopic (exact) mass is 422 g/mol. The Hall–Kier alpha value is -2.86. The quantitative estimate of drug-likeness (QED) is 0.597. The van der Waals surface area contributed by atoms with Gasteiger partial charge >= 0.3 is 12.0 Å². The highest BCUT2D eigenvalue weighted by Gasteiger charge is 2.26. The summed E-state index contributed by atoms with van der Waals surface area (Å²) in [6.45, 7) is 1.27. The van der Waals surface area contributed by atoms with Crippen LogP contribution in [0.4, 0.5) is 10.5 Å². The van der Waals surface area contributed by atoms with Gasteiger partial charge in [-0.05, 0) is 66.3 Å². The average Bonchev–Trinajstić information content (AvgIpc) is 3.70. The minimum atomic E-state index is -0.916. The summed E-state index contributed by atoms with van der Waals surface area (Å²) in [7, 11) is 1.78. The second kappa shape index (κ2) is 9.52. The molecule has 2 amide bonds. The number of anilines is 1. The molecule has 0 aromatic heterocycles. The summed E-state index contributed by atoms with van der Waals surface area (Å²) < 4.78 is 5.61. The van der Waals surface area contributed by atoms with E-state index in [0.29, 0.717) is 24.9 Å². The van der Waals surface area contributed by atoms with Crippen molar-refractivity contribution >= 4 is 17.7 Å². The Labute approximate surface area is 183 Å². The molecule has 2 aliphatic carbocycles. The van der Waals surface area contributed by atoms with Gasteiger partial charge in [0, 0.05) is 25.7 Å². The zero-order valence-corrected chi connectivity index (χ0v) is 17.9. The number of hydrogen-bond acceptors (Lipinski definition) is 3. The maximum atomic E-state index is 12.4. The summed E-state index contributed by atoms with van der Waals surface area (Å²) in [4.78, 5) is 25.5. The van der Waals surface area contributed by atoms with Gasteiger partial charge in [0.25, 0.3) is 0 Å². The van der Waals surface area contributed by atoms with Gasteiger partial charge in [0.05, 0.1) is 6.61 Å². The van der Waals surface area contributed by atoms with E-state index >= 15 is 0 Å². The fraction of sp³-hybridized carbons (Fsp3) is 0.440. The number of carboxylic acids is 1. The zero-order chi connectivity index (χ0) is 21.8. The van der Waals surface area contributed by atoms with Crippen LogP contribution in [0.1, 0.15) is 31.2 Å². The number of aliphatic carboxylic acids is 1. The van der Waals surface area contributed by atoms with E-state index in [1.807, 2.05) is 48.5 Å². The fourth-order valence-electron chi connectivity index (χ4n) is 3.49. The van der Waals surface area contributed by atoms with Crippen molar-refractivity contribution in [2.75, 3.05) is 25.1 Å². The predicted octanol–water partition coefficient (Wildman–Crippen LogP) is 4.33. The van der Waals surface area contributed by atoms with Crippen LogP contribution in [-0.4, -0.2) is 43.4 Å². The minimum absolute atomic E-state index is 0.0923. The molecule has 2 aromatic rings. The Morgan fingerprint density at radius 1 is 1.06 bits per heavy atom. The van der Waals surface area contributed by atoms with E-state index in [-0.39, 0.29) is 6.03 Å². The van der Waals surface area contributed by atoms with Gasteiger partial charge in [-0.3, -0.25) is 4.90 Å². The molecule has 164 valence electrons. The first-order chi connectivity index (χ1) is 15.0. The van der Waals surface area contributed by atoms with Crippen molar-refractivity contribution in [3.8, 4) is 11.1 Å². The second-order valence-electron chi connectivity index (χ2n) is 8.74. The van der Waals surface area contributed by atoms with Crippen molar-refractivity contribution in [1.29, 1.82) is 0 Å². The molecule has 6 nitrogen and oxygen atoms in total. The SMILES string of the molecule is CN(C(=O)NCC1CC1)c1cccc(-c2ccc(C[C@H](OCC3CC3)C(=O)O)cc2)c1. The summed E-state index contributed by atoms with van der Waals surface area (Å²) in [6.07, 6.45) is 4.23. The minimum Gasteiger partial charge on any atom is -0.479 e. The molecule has 0 radical (unpaired) electrons. The lowest BCUT2D eigenvalue weighted by Gasteiger charge is -2.19. The number of amides is 2. The summed E-state index contributed by atoms with van der Waals surface area (Å²) in [5.41, 5.74) is 3.78. The molecule has 2 aromatic carbocycles. The average molecular weight is 423 g/mol. The van der Waals surface area contributed by atoms with Gasteiger partial charge in [-0.2, -0.15) is 0 Å². The van der Waals surface area contributed by atoms with Gasteiger partial charge in [0.1, 0.15) is 0 Å². The first-order valence-corrected chi connectivity index (χ1v) is 11.0. The topological polar surface area (TPSA) is 78.9 Å². The van der Waals surface area contributed by atoms with Crippen LogP contribution in [0.5, 0.6) is 0 Å². The van der Waals surface area contributed by atoms with Crippen molar-refractivity contribution < 1.29 is 19.4 Å². The highest BCUT2D eigenvalue weighted by atomic mass is 16.5. The van der Waals surface area contributed by atoms with E-state index in [2.05, 4.69) is 5.32 Å². The van der Waals surface area contributed by atoms with E-state index in [9.17, 15) is 14.7 Å². The lowest BCUT2D eigenvalue weighted by molar-refractivity contribution is -0.150.